The first kappa shape index (κ1) is 12.7. The van der Waals surface area contributed by atoms with Gasteiger partial charge in [-0.1, -0.05) is 12.2 Å². The molecule has 0 aliphatic heterocycles. The quantitative estimate of drug-likeness (QED) is 0.383. The first-order valence-corrected chi connectivity index (χ1v) is 6.51. The summed E-state index contributed by atoms with van der Waals surface area (Å²) in [6, 6.07) is 3.65. The van der Waals surface area contributed by atoms with Gasteiger partial charge in [0.2, 0.25) is 5.91 Å². The van der Waals surface area contributed by atoms with E-state index >= 15 is 0 Å². The van der Waals surface area contributed by atoms with Crippen molar-refractivity contribution in [3.05, 3.63) is 40.5 Å². The van der Waals surface area contributed by atoms with Crippen LogP contribution in [0.2, 0.25) is 0 Å². The Bertz CT molecular complexity index is 611. The molecule has 1 aromatic rings. The lowest BCUT2D eigenvalue weighted by atomic mass is 9.93. The number of hydrogen-bond donors (Lipinski definition) is 2. The summed E-state index contributed by atoms with van der Waals surface area (Å²) in [4.78, 5) is 22.2. The summed E-state index contributed by atoms with van der Waals surface area (Å²) >= 11 is 0. The summed E-state index contributed by atoms with van der Waals surface area (Å²) in [7, 11) is 0. The van der Waals surface area contributed by atoms with E-state index < -0.39 is 4.92 Å². The fourth-order valence-electron chi connectivity index (χ4n) is 3.05. The molecule has 2 aliphatic rings. The van der Waals surface area contributed by atoms with Crippen molar-refractivity contribution < 1.29 is 14.8 Å². The van der Waals surface area contributed by atoms with Gasteiger partial charge in [0.15, 0.2) is 0 Å². The van der Waals surface area contributed by atoms with Crippen molar-refractivity contribution in [3.8, 4) is 5.75 Å². The molecule has 1 aromatic carbocycles. The van der Waals surface area contributed by atoms with Crippen LogP contribution in [0.1, 0.15) is 12.8 Å². The molecule has 1 saturated carbocycles. The van der Waals surface area contributed by atoms with E-state index in [4.69, 9.17) is 0 Å². The standard InChI is InChI=1S/C14H14N2O4/c17-13-7-10(16(19)20)3-4-12(13)15-14(18)11-6-8-1-2-9(11)5-8/h1-4,7-9,11,17H,5-6H2,(H,15,18). The molecule has 1 amide bonds. The highest BCUT2D eigenvalue weighted by Crippen LogP contribution is 2.44. The van der Waals surface area contributed by atoms with Gasteiger partial charge < -0.3 is 10.4 Å². The van der Waals surface area contributed by atoms with Crippen LogP contribution >= 0.6 is 0 Å². The van der Waals surface area contributed by atoms with Gasteiger partial charge in [-0.05, 0) is 30.7 Å². The van der Waals surface area contributed by atoms with E-state index in [9.17, 15) is 20.0 Å². The van der Waals surface area contributed by atoms with Crippen LogP contribution in [0.5, 0.6) is 5.75 Å². The number of hydrogen-bond acceptors (Lipinski definition) is 4. The number of allylic oxidation sites excluding steroid dienone is 2. The van der Waals surface area contributed by atoms with Crippen LogP contribution in [0.3, 0.4) is 0 Å². The summed E-state index contributed by atoms with van der Waals surface area (Å²) in [5.41, 5.74) is 0.00992. The Morgan fingerprint density at radius 3 is 2.70 bits per heavy atom. The van der Waals surface area contributed by atoms with Gasteiger partial charge in [0.05, 0.1) is 16.7 Å². The second kappa shape index (κ2) is 4.63. The summed E-state index contributed by atoms with van der Waals surface area (Å²) < 4.78 is 0. The van der Waals surface area contributed by atoms with Gasteiger partial charge in [-0.15, -0.1) is 0 Å². The molecule has 2 aliphatic carbocycles. The third kappa shape index (κ3) is 2.13. The molecule has 3 unspecified atom stereocenters. The van der Waals surface area contributed by atoms with E-state index in [1.54, 1.807) is 0 Å². The molecule has 104 valence electrons. The van der Waals surface area contributed by atoms with Gasteiger partial charge >= 0.3 is 0 Å². The van der Waals surface area contributed by atoms with Crippen molar-refractivity contribution in [1.82, 2.24) is 0 Å². The minimum atomic E-state index is -0.591. The zero-order chi connectivity index (χ0) is 14.3. The lowest BCUT2D eigenvalue weighted by molar-refractivity contribution is -0.384. The Kier molecular flexibility index (Phi) is 2.93. The Balaban J connectivity index is 1.73. The van der Waals surface area contributed by atoms with E-state index in [2.05, 4.69) is 17.5 Å². The largest absolute Gasteiger partial charge is 0.506 e. The lowest BCUT2D eigenvalue weighted by Crippen LogP contribution is -2.25. The number of phenols is 1. The third-order valence-corrected chi connectivity index (χ3v) is 4.07. The van der Waals surface area contributed by atoms with Crippen molar-refractivity contribution in [1.29, 1.82) is 0 Å². The molecule has 6 nitrogen and oxygen atoms in total. The second-order valence-electron chi connectivity index (χ2n) is 5.33. The van der Waals surface area contributed by atoms with Crippen LogP contribution in [0, 0.1) is 27.9 Å². The summed E-state index contributed by atoms with van der Waals surface area (Å²) in [6.45, 7) is 0. The van der Waals surface area contributed by atoms with E-state index in [1.807, 2.05) is 0 Å². The number of phenolic OH excluding ortho intramolecular Hbond substituents is 1. The zero-order valence-corrected chi connectivity index (χ0v) is 10.7. The number of benzene rings is 1. The second-order valence-corrected chi connectivity index (χ2v) is 5.33. The molecule has 6 heteroatoms. The first-order chi connectivity index (χ1) is 9.54. The van der Waals surface area contributed by atoms with Crippen LogP contribution < -0.4 is 5.32 Å². The van der Waals surface area contributed by atoms with E-state index in [0.717, 1.165) is 18.9 Å². The molecule has 2 bridgehead atoms. The molecule has 0 heterocycles. The smallest absolute Gasteiger partial charge is 0.273 e. The van der Waals surface area contributed by atoms with Gasteiger partial charge in [-0.25, -0.2) is 0 Å². The van der Waals surface area contributed by atoms with E-state index in [-0.39, 0.29) is 34.9 Å². The Labute approximate surface area is 115 Å². The van der Waals surface area contributed by atoms with Crippen molar-refractivity contribution in [2.24, 2.45) is 17.8 Å². The Hall–Kier alpha value is -2.37. The van der Waals surface area contributed by atoms with Crippen molar-refractivity contribution in [3.63, 3.8) is 0 Å². The average Bonchev–Trinajstić information content (AvgIpc) is 3.03. The number of carbonyl (C=O) groups is 1. The van der Waals surface area contributed by atoms with Gasteiger partial charge in [-0.3, -0.25) is 14.9 Å². The van der Waals surface area contributed by atoms with Crippen LogP contribution in [-0.4, -0.2) is 15.9 Å². The molecule has 0 spiro atoms. The maximum absolute atomic E-state index is 12.2. The Morgan fingerprint density at radius 2 is 2.15 bits per heavy atom. The Morgan fingerprint density at radius 1 is 1.35 bits per heavy atom. The first-order valence-electron chi connectivity index (χ1n) is 6.51. The monoisotopic (exact) mass is 274 g/mol. The molecule has 3 atom stereocenters. The highest BCUT2D eigenvalue weighted by atomic mass is 16.6. The molecule has 0 saturated heterocycles. The fraction of sp³-hybridized carbons (Fsp3) is 0.357. The highest BCUT2D eigenvalue weighted by molar-refractivity contribution is 5.94. The van der Waals surface area contributed by atoms with Crippen LogP contribution in [-0.2, 0) is 4.79 Å². The lowest BCUT2D eigenvalue weighted by Gasteiger charge is -2.17. The maximum Gasteiger partial charge on any atom is 0.273 e. The third-order valence-electron chi connectivity index (χ3n) is 4.07. The molecule has 0 aromatic heterocycles. The van der Waals surface area contributed by atoms with Crippen molar-refractivity contribution in [2.75, 3.05) is 5.32 Å². The predicted molar refractivity (Wildman–Crippen MR) is 72.2 cm³/mol. The molecule has 0 radical (unpaired) electrons. The fourth-order valence-corrected chi connectivity index (χ4v) is 3.05. The molecule has 20 heavy (non-hydrogen) atoms. The molecular weight excluding hydrogens is 260 g/mol. The average molecular weight is 274 g/mol. The maximum atomic E-state index is 12.2. The van der Waals surface area contributed by atoms with E-state index in [0.29, 0.717) is 5.92 Å². The van der Waals surface area contributed by atoms with Gasteiger partial charge in [-0.2, -0.15) is 0 Å². The van der Waals surface area contributed by atoms with Crippen molar-refractivity contribution in [2.45, 2.75) is 12.8 Å². The number of non-ortho nitro benzene ring substituents is 1. The van der Waals surface area contributed by atoms with Crippen molar-refractivity contribution >= 4 is 17.3 Å². The predicted octanol–water partition coefficient (Wildman–Crippen LogP) is 2.45. The topological polar surface area (TPSA) is 92.5 Å². The number of carbonyl (C=O) groups excluding carboxylic acids is 1. The summed E-state index contributed by atoms with van der Waals surface area (Å²) in [5, 5.41) is 23.0. The normalized spacial score (nSPS) is 26.7. The SMILES string of the molecule is O=C(Nc1ccc([N+](=O)[O-])cc1O)C1CC2C=CC1C2. The minimum Gasteiger partial charge on any atom is -0.506 e. The number of nitrogens with zero attached hydrogens (tertiary/aromatic N) is 1. The van der Waals surface area contributed by atoms with Crippen LogP contribution in [0.15, 0.2) is 30.4 Å². The number of rotatable bonds is 3. The van der Waals surface area contributed by atoms with Gasteiger partial charge in [0, 0.05) is 12.0 Å². The zero-order valence-electron chi connectivity index (χ0n) is 10.7. The highest BCUT2D eigenvalue weighted by Gasteiger charge is 2.39. The van der Waals surface area contributed by atoms with Gasteiger partial charge in [0.25, 0.3) is 5.69 Å². The van der Waals surface area contributed by atoms with E-state index in [1.165, 1.54) is 12.1 Å². The number of amides is 1. The molecule has 3 rings (SSSR count). The summed E-state index contributed by atoms with van der Waals surface area (Å²) in [6.07, 6.45) is 6.08. The number of nitrogens with one attached hydrogen (secondary N) is 1. The summed E-state index contributed by atoms with van der Waals surface area (Å²) in [5.74, 6) is 0.276. The van der Waals surface area contributed by atoms with Crippen LogP contribution in [0.25, 0.3) is 0 Å². The van der Waals surface area contributed by atoms with Crippen LogP contribution in [0.4, 0.5) is 11.4 Å². The molecule has 1 fully saturated rings. The number of nitro groups is 1. The minimum absolute atomic E-state index is 0.0698. The molecular formula is C14H14N2O4. The number of fused-ring (bicyclic) bond motifs is 2. The number of aromatic hydroxyl groups is 1. The van der Waals surface area contributed by atoms with Gasteiger partial charge in [0.1, 0.15) is 5.75 Å². The number of anilines is 1. The molecule has 2 N–H and O–H groups in total. The number of nitro benzene ring substituents is 1.